The fraction of sp³-hybridized carbons (Fsp3) is 0.923. The Hall–Kier alpha value is -1.06. The number of nitrogens with two attached hydrogens (primary N) is 1. The average molecular weight is 475 g/mol. The lowest BCUT2D eigenvalue weighted by atomic mass is 9.79. The van der Waals surface area contributed by atoms with Crippen molar-refractivity contribution in [2.75, 3.05) is 73.0 Å². The van der Waals surface area contributed by atoms with E-state index in [1.165, 1.54) is 117 Å². The smallest absolute Gasteiger partial charge is 0.0692 e. The Labute approximate surface area is 207 Å². The predicted molar refractivity (Wildman–Crippen MR) is 139 cm³/mol. The maximum Gasteiger partial charge on any atom is 0.0692 e. The minimum Gasteiger partial charge on any atom is -0.329 e. The van der Waals surface area contributed by atoms with Crippen LogP contribution in [0.4, 0.5) is 0 Å². The van der Waals surface area contributed by atoms with Gasteiger partial charge in [0.05, 0.1) is 12.7 Å². The zero-order valence-electron chi connectivity index (χ0n) is 22.0. The molecule has 2 aliphatic heterocycles. The summed E-state index contributed by atoms with van der Waals surface area (Å²) in [6.07, 6.45) is 17.4. The predicted octanol–water partition coefficient (Wildman–Crippen LogP) is 2.12. The number of hydrogen-bond donors (Lipinski definition) is 1. The van der Waals surface area contributed by atoms with Gasteiger partial charge in [-0.3, -0.25) is 14.5 Å². The molecule has 1 aromatic rings. The second-order valence-electron chi connectivity index (χ2n) is 11.5. The maximum atomic E-state index is 6.05. The molecule has 2 aliphatic carbocycles. The lowest BCUT2D eigenvalue weighted by Crippen LogP contribution is -2.60. The first-order valence-corrected chi connectivity index (χ1v) is 14.0. The van der Waals surface area contributed by atoms with Crippen LogP contribution < -0.4 is 5.73 Å². The highest BCUT2D eigenvalue weighted by molar-refractivity contribution is 4.96. The molecule has 8 heteroatoms. The maximum absolute atomic E-state index is 6.05. The molecule has 0 radical (unpaired) electrons. The number of piperazine rings is 2. The summed E-state index contributed by atoms with van der Waals surface area (Å²) in [5.41, 5.74) is 6.74. The number of aromatic nitrogens is 3. The van der Waals surface area contributed by atoms with E-state index in [2.05, 4.69) is 44.0 Å². The van der Waals surface area contributed by atoms with Crippen LogP contribution in [-0.4, -0.2) is 119 Å². The summed E-state index contributed by atoms with van der Waals surface area (Å²) in [6.45, 7) is 11.5. The van der Waals surface area contributed by atoms with Crippen molar-refractivity contribution in [1.29, 1.82) is 0 Å². The lowest BCUT2D eigenvalue weighted by Gasteiger charge is -2.49. The molecule has 0 atom stereocenters. The summed E-state index contributed by atoms with van der Waals surface area (Å²) in [5.74, 6) is 0. The van der Waals surface area contributed by atoms with Crippen molar-refractivity contribution in [3.63, 3.8) is 0 Å². The molecule has 0 aromatic carbocycles. The topological polar surface area (TPSA) is 69.7 Å². The molecular formula is C26H50N8. The first-order chi connectivity index (χ1) is 16.6. The number of hydrogen-bond acceptors (Lipinski definition) is 7. The minimum atomic E-state index is 0.327. The second kappa shape index (κ2) is 12.3. The van der Waals surface area contributed by atoms with Crippen LogP contribution in [0.1, 0.15) is 64.2 Å². The molecule has 194 valence electrons. The monoisotopic (exact) mass is 474 g/mol. The summed E-state index contributed by atoms with van der Waals surface area (Å²) < 4.78 is 2.03. The molecule has 2 N–H and O–H groups in total. The molecule has 0 spiro atoms. The number of rotatable bonds is 5. The van der Waals surface area contributed by atoms with E-state index >= 15 is 0 Å². The van der Waals surface area contributed by atoms with E-state index in [0.29, 0.717) is 11.1 Å². The Morgan fingerprint density at radius 3 is 1.59 bits per heavy atom. The van der Waals surface area contributed by atoms with Gasteiger partial charge in [0.15, 0.2) is 0 Å². The van der Waals surface area contributed by atoms with Gasteiger partial charge < -0.3 is 15.5 Å². The van der Waals surface area contributed by atoms with E-state index < -0.39 is 0 Å². The third-order valence-corrected chi connectivity index (χ3v) is 9.22. The second-order valence-corrected chi connectivity index (χ2v) is 11.5. The van der Waals surface area contributed by atoms with Crippen molar-refractivity contribution < 1.29 is 0 Å². The van der Waals surface area contributed by atoms with E-state index in [4.69, 9.17) is 5.73 Å². The van der Waals surface area contributed by atoms with Crippen molar-refractivity contribution in [2.45, 2.75) is 81.8 Å². The molecule has 2 saturated carbocycles. The summed E-state index contributed by atoms with van der Waals surface area (Å²) in [5, 5.41) is 8.16. The first-order valence-electron chi connectivity index (χ1n) is 14.0. The van der Waals surface area contributed by atoms with Gasteiger partial charge in [0.25, 0.3) is 0 Å². The van der Waals surface area contributed by atoms with Gasteiger partial charge in [-0.25, -0.2) is 0 Å². The zero-order chi connectivity index (χ0) is 23.9. The van der Waals surface area contributed by atoms with Crippen LogP contribution in [0.3, 0.4) is 0 Å². The van der Waals surface area contributed by atoms with Crippen molar-refractivity contribution >= 4 is 0 Å². The number of nitrogens with zero attached hydrogens (tertiary/aromatic N) is 7. The minimum absolute atomic E-state index is 0.327. The highest BCUT2D eigenvalue weighted by atomic mass is 15.4. The van der Waals surface area contributed by atoms with Gasteiger partial charge in [-0.2, -0.15) is 0 Å². The van der Waals surface area contributed by atoms with E-state index in [0.717, 1.165) is 13.1 Å². The number of likely N-dealkylation sites (N-methyl/N-ethyl adjacent to an activating group) is 2. The van der Waals surface area contributed by atoms with Crippen LogP contribution in [0.5, 0.6) is 0 Å². The Bertz CT molecular complexity index is 680. The van der Waals surface area contributed by atoms with Crippen LogP contribution >= 0.6 is 0 Å². The lowest BCUT2D eigenvalue weighted by molar-refractivity contribution is -0.000688. The summed E-state index contributed by atoms with van der Waals surface area (Å²) in [4.78, 5) is 10.3. The van der Waals surface area contributed by atoms with Crippen LogP contribution in [0, 0.1) is 0 Å². The van der Waals surface area contributed by atoms with Crippen molar-refractivity contribution in [1.82, 2.24) is 34.6 Å². The molecule has 4 aliphatic rings. The molecular weight excluding hydrogens is 424 g/mol. The van der Waals surface area contributed by atoms with E-state index in [1.54, 1.807) is 6.20 Å². The molecule has 0 bridgehead atoms. The average Bonchev–Trinajstić information content (AvgIpc) is 3.39. The van der Waals surface area contributed by atoms with Gasteiger partial charge in [0.2, 0.25) is 0 Å². The van der Waals surface area contributed by atoms with E-state index in [-0.39, 0.29) is 0 Å². The van der Waals surface area contributed by atoms with Gasteiger partial charge >= 0.3 is 0 Å². The first kappa shape index (κ1) is 26.0. The van der Waals surface area contributed by atoms with Gasteiger partial charge in [0, 0.05) is 76.2 Å². The molecule has 34 heavy (non-hydrogen) atoms. The standard InChI is InChI=1S/C14H25N5.C12H25N3/c1-17-9-11-18(12-10-17)14(5-3-2-4-6-14)13-19-8-7-15-16-19;1-14-7-9-15(10-8-14)12(11-13)5-3-2-4-6-12/h7-8H,2-6,9-13H2,1H3;2-11,13H2,1H3. The van der Waals surface area contributed by atoms with Crippen molar-refractivity contribution in [3.05, 3.63) is 12.4 Å². The van der Waals surface area contributed by atoms with E-state index in [1.807, 2.05) is 10.9 Å². The molecule has 4 fully saturated rings. The fourth-order valence-corrected chi connectivity index (χ4v) is 6.82. The van der Waals surface area contributed by atoms with Crippen LogP contribution in [0.2, 0.25) is 0 Å². The SMILES string of the molecule is CN1CCN(C2(CN)CCCCC2)CC1.CN1CCN(C2(Cn3ccnn3)CCCCC2)CC1. The zero-order valence-corrected chi connectivity index (χ0v) is 22.0. The van der Waals surface area contributed by atoms with Crippen LogP contribution in [0.15, 0.2) is 12.4 Å². The third-order valence-electron chi connectivity index (χ3n) is 9.22. The summed E-state index contributed by atoms with van der Waals surface area (Å²) in [7, 11) is 4.44. The Kier molecular flexibility index (Phi) is 9.38. The van der Waals surface area contributed by atoms with Crippen molar-refractivity contribution in [2.24, 2.45) is 5.73 Å². The largest absolute Gasteiger partial charge is 0.329 e. The molecule has 0 amide bonds. The Morgan fingerprint density at radius 1 is 0.676 bits per heavy atom. The van der Waals surface area contributed by atoms with Gasteiger partial charge in [-0.05, 0) is 39.8 Å². The molecule has 0 unspecified atom stereocenters. The summed E-state index contributed by atoms with van der Waals surface area (Å²) in [6, 6.07) is 0. The molecule has 5 rings (SSSR count). The summed E-state index contributed by atoms with van der Waals surface area (Å²) >= 11 is 0. The molecule has 2 saturated heterocycles. The van der Waals surface area contributed by atoms with Crippen molar-refractivity contribution in [3.8, 4) is 0 Å². The third kappa shape index (κ3) is 6.38. The molecule has 8 nitrogen and oxygen atoms in total. The van der Waals surface area contributed by atoms with Gasteiger partial charge in [-0.1, -0.05) is 43.7 Å². The van der Waals surface area contributed by atoms with Gasteiger partial charge in [0.1, 0.15) is 0 Å². The normalized spacial score (nSPS) is 27.1. The fourth-order valence-electron chi connectivity index (χ4n) is 6.82. The highest BCUT2D eigenvalue weighted by Gasteiger charge is 2.40. The highest BCUT2D eigenvalue weighted by Crippen LogP contribution is 2.36. The Morgan fingerprint density at radius 2 is 1.15 bits per heavy atom. The van der Waals surface area contributed by atoms with Crippen LogP contribution in [-0.2, 0) is 6.54 Å². The van der Waals surface area contributed by atoms with Crippen LogP contribution in [0.25, 0.3) is 0 Å². The van der Waals surface area contributed by atoms with Gasteiger partial charge in [-0.15, -0.1) is 5.10 Å². The molecule has 3 heterocycles. The molecule has 1 aromatic heterocycles. The quantitative estimate of drug-likeness (QED) is 0.701. The van der Waals surface area contributed by atoms with E-state index in [9.17, 15) is 0 Å². The Balaban J connectivity index is 0.000000166.